The fraction of sp³-hybridized carbons (Fsp3) is 0.333. The molecule has 0 spiro atoms. The minimum Gasteiger partial charge on any atom is -0.356 e. The summed E-state index contributed by atoms with van der Waals surface area (Å²) >= 11 is 0. The van der Waals surface area contributed by atoms with Crippen LogP contribution in [0.15, 0.2) is 36.4 Å². The molecule has 1 heteroatoms. The van der Waals surface area contributed by atoms with Crippen molar-refractivity contribution in [1.82, 2.24) is 0 Å². The molecule has 0 radical (unpaired) electrons. The molecule has 3 rings (SSSR count). The molecule has 0 aromatic heterocycles. The van der Waals surface area contributed by atoms with Crippen LogP contribution < -0.4 is 5.32 Å². The summed E-state index contributed by atoms with van der Waals surface area (Å²) in [4.78, 5) is 0. The van der Waals surface area contributed by atoms with E-state index in [-0.39, 0.29) is 0 Å². The molecule has 1 nitrogen and oxygen atoms in total. The van der Waals surface area contributed by atoms with E-state index in [1.54, 1.807) is 0 Å². The number of anilines is 2. The van der Waals surface area contributed by atoms with Gasteiger partial charge in [-0.15, -0.1) is 0 Å². The van der Waals surface area contributed by atoms with Crippen LogP contribution in [0.25, 0.3) is 0 Å². The van der Waals surface area contributed by atoms with Crippen molar-refractivity contribution >= 4 is 11.4 Å². The third kappa shape index (κ3) is 2.65. The van der Waals surface area contributed by atoms with Crippen molar-refractivity contribution in [3.8, 4) is 0 Å². The molecule has 0 bridgehead atoms. The van der Waals surface area contributed by atoms with E-state index >= 15 is 0 Å². The Morgan fingerprint density at radius 3 is 2.21 bits per heavy atom. The Labute approximate surface area is 115 Å². The van der Waals surface area contributed by atoms with E-state index in [0.29, 0.717) is 0 Å². The second-order valence-electron chi connectivity index (χ2n) is 5.61. The summed E-state index contributed by atoms with van der Waals surface area (Å²) < 4.78 is 0. The van der Waals surface area contributed by atoms with Crippen molar-refractivity contribution in [2.24, 2.45) is 0 Å². The molecule has 1 N–H and O–H groups in total. The minimum absolute atomic E-state index is 1.18. The molecule has 2 aromatic carbocycles. The van der Waals surface area contributed by atoms with Gasteiger partial charge in [-0.3, -0.25) is 0 Å². The first-order valence-electron chi connectivity index (χ1n) is 7.18. The first-order chi connectivity index (χ1) is 9.22. The highest BCUT2D eigenvalue weighted by atomic mass is 14.9. The number of benzene rings is 2. The van der Waals surface area contributed by atoms with Gasteiger partial charge in [0.1, 0.15) is 0 Å². The van der Waals surface area contributed by atoms with Crippen LogP contribution in [0.4, 0.5) is 11.4 Å². The third-order valence-electron chi connectivity index (χ3n) is 4.14. The first kappa shape index (κ1) is 12.3. The molecule has 0 aliphatic heterocycles. The van der Waals surface area contributed by atoms with Gasteiger partial charge in [0, 0.05) is 11.4 Å². The Hall–Kier alpha value is -1.76. The van der Waals surface area contributed by atoms with E-state index in [4.69, 9.17) is 0 Å². The predicted molar refractivity (Wildman–Crippen MR) is 82.3 cm³/mol. The van der Waals surface area contributed by atoms with Crippen LogP contribution in [0.5, 0.6) is 0 Å². The lowest BCUT2D eigenvalue weighted by atomic mass is 9.91. The molecular formula is C18H21N. The van der Waals surface area contributed by atoms with Gasteiger partial charge in [0.15, 0.2) is 0 Å². The predicted octanol–water partition coefficient (Wildman–Crippen LogP) is 4.93. The third-order valence-corrected chi connectivity index (χ3v) is 4.14. The van der Waals surface area contributed by atoms with E-state index in [1.165, 1.54) is 59.3 Å². The first-order valence-corrected chi connectivity index (χ1v) is 7.18. The Kier molecular flexibility index (Phi) is 3.29. The molecule has 0 amide bonds. The van der Waals surface area contributed by atoms with Gasteiger partial charge in [-0.1, -0.05) is 12.1 Å². The summed E-state index contributed by atoms with van der Waals surface area (Å²) in [5.41, 5.74) is 8.14. The van der Waals surface area contributed by atoms with Crippen LogP contribution in [-0.4, -0.2) is 0 Å². The quantitative estimate of drug-likeness (QED) is 0.798. The van der Waals surface area contributed by atoms with E-state index in [1.807, 2.05) is 0 Å². The summed E-state index contributed by atoms with van der Waals surface area (Å²) in [5.74, 6) is 0. The Morgan fingerprint density at radius 2 is 1.42 bits per heavy atom. The second kappa shape index (κ2) is 5.08. The normalized spacial score (nSPS) is 14.0. The maximum atomic E-state index is 3.52. The zero-order valence-electron chi connectivity index (χ0n) is 11.8. The van der Waals surface area contributed by atoms with Gasteiger partial charge in [-0.25, -0.2) is 0 Å². The van der Waals surface area contributed by atoms with Gasteiger partial charge in [0.05, 0.1) is 0 Å². The maximum Gasteiger partial charge on any atom is 0.0387 e. The van der Waals surface area contributed by atoms with Gasteiger partial charge in [-0.05, 0) is 86.1 Å². The summed E-state index contributed by atoms with van der Waals surface area (Å²) in [7, 11) is 0. The summed E-state index contributed by atoms with van der Waals surface area (Å²) in [6.07, 6.45) is 5.16. The summed E-state index contributed by atoms with van der Waals surface area (Å²) in [5, 5.41) is 3.52. The zero-order chi connectivity index (χ0) is 13.2. The van der Waals surface area contributed by atoms with E-state index < -0.39 is 0 Å². The second-order valence-corrected chi connectivity index (χ2v) is 5.61. The largest absolute Gasteiger partial charge is 0.356 e. The molecule has 98 valence electrons. The molecule has 2 aromatic rings. The highest BCUT2D eigenvalue weighted by molar-refractivity contribution is 5.62. The average Bonchev–Trinajstić information content (AvgIpc) is 2.43. The standard InChI is InChI=1S/C18H21N/c1-13-7-9-17(11-14(13)2)19-18-10-8-15-5-3-4-6-16(15)12-18/h7-12,19H,3-6H2,1-2H3. The molecule has 1 aliphatic carbocycles. The Morgan fingerprint density at radius 1 is 0.737 bits per heavy atom. The van der Waals surface area contributed by atoms with Crippen LogP contribution in [0.1, 0.15) is 35.1 Å². The lowest BCUT2D eigenvalue weighted by Gasteiger charge is -2.17. The molecule has 0 saturated carbocycles. The molecule has 0 fully saturated rings. The highest BCUT2D eigenvalue weighted by Gasteiger charge is 2.09. The lowest BCUT2D eigenvalue weighted by Crippen LogP contribution is -2.03. The van der Waals surface area contributed by atoms with Crippen LogP contribution in [0, 0.1) is 13.8 Å². The van der Waals surface area contributed by atoms with Crippen molar-refractivity contribution in [3.63, 3.8) is 0 Å². The minimum atomic E-state index is 1.18. The van der Waals surface area contributed by atoms with Crippen molar-refractivity contribution in [1.29, 1.82) is 0 Å². The number of hydrogen-bond acceptors (Lipinski definition) is 1. The maximum absolute atomic E-state index is 3.52. The van der Waals surface area contributed by atoms with Crippen molar-refractivity contribution in [3.05, 3.63) is 58.7 Å². The lowest BCUT2D eigenvalue weighted by molar-refractivity contribution is 0.686. The molecule has 1 aliphatic rings. The van der Waals surface area contributed by atoms with E-state index in [0.717, 1.165) is 0 Å². The van der Waals surface area contributed by atoms with Gasteiger partial charge < -0.3 is 5.32 Å². The smallest absolute Gasteiger partial charge is 0.0387 e. The SMILES string of the molecule is Cc1ccc(Nc2ccc3c(c2)CCCC3)cc1C. The van der Waals surface area contributed by atoms with Gasteiger partial charge >= 0.3 is 0 Å². The number of rotatable bonds is 2. The molecule has 19 heavy (non-hydrogen) atoms. The van der Waals surface area contributed by atoms with Crippen LogP contribution >= 0.6 is 0 Å². The molecular weight excluding hydrogens is 230 g/mol. The van der Waals surface area contributed by atoms with Crippen molar-refractivity contribution < 1.29 is 0 Å². The number of nitrogens with one attached hydrogen (secondary N) is 1. The number of fused-ring (bicyclic) bond motifs is 1. The van der Waals surface area contributed by atoms with E-state index in [9.17, 15) is 0 Å². The zero-order valence-corrected chi connectivity index (χ0v) is 11.8. The molecule has 0 saturated heterocycles. The van der Waals surface area contributed by atoms with Crippen LogP contribution in [0.3, 0.4) is 0 Å². The van der Waals surface area contributed by atoms with Gasteiger partial charge in [-0.2, -0.15) is 0 Å². The van der Waals surface area contributed by atoms with Gasteiger partial charge in [0.2, 0.25) is 0 Å². The number of aryl methyl sites for hydroxylation is 4. The monoisotopic (exact) mass is 251 g/mol. The van der Waals surface area contributed by atoms with Crippen molar-refractivity contribution in [2.45, 2.75) is 39.5 Å². The molecule has 0 heterocycles. The van der Waals surface area contributed by atoms with Crippen molar-refractivity contribution in [2.75, 3.05) is 5.32 Å². The number of hydrogen-bond donors (Lipinski definition) is 1. The molecule has 0 unspecified atom stereocenters. The fourth-order valence-corrected chi connectivity index (χ4v) is 2.80. The molecule has 0 atom stereocenters. The van der Waals surface area contributed by atoms with E-state index in [2.05, 4.69) is 55.6 Å². The Bertz CT molecular complexity index is 599. The van der Waals surface area contributed by atoms with Crippen LogP contribution in [0.2, 0.25) is 0 Å². The summed E-state index contributed by atoms with van der Waals surface area (Å²) in [6, 6.07) is 13.4. The topological polar surface area (TPSA) is 12.0 Å². The summed E-state index contributed by atoms with van der Waals surface area (Å²) in [6.45, 7) is 4.31. The Balaban J connectivity index is 1.84. The highest BCUT2D eigenvalue weighted by Crippen LogP contribution is 2.26. The van der Waals surface area contributed by atoms with Crippen LogP contribution in [-0.2, 0) is 12.8 Å². The fourth-order valence-electron chi connectivity index (χ4n) is 2.80. The van der Waals surface area contributed by atoms with Gasteiger partial charge in [0.25, 0.3) is 0 Å². The average molecular weight is 251 g/mol.